The molecule has 1 amide bonds. The zero-order valence-corrected chi connectivity index (χ0v) is 14.0. The average Bonchev–Trinajstić information content (AvgIpc) is 3.25. The van der Waals surface area contributed by atoms with Crippen LogP contribution in [-0.4, -0.2) is 17.1 Å². The molecule has 2 fully saturated rings. The number of rotatable bonds is 7. The number of carbonyl (C=O) groups is 1. The second-order valence-corrected chi connectivity index (χ2v) is 7.68. The molecular weight excluding hydrogens is 276 g/mol. The molecule has 0 saturated heterocycles. The first-order chi connectivity index (χ1) is 10.5. The van der Waals surface area contributed by atoms with Crippen LogP contribution in [0.15, 0.2) is 10.6 Å². The van der Waals surface area contributed by atoms with Gasteiger partial charge in [0.15, 0.2) is 0 Å². The summed E-state index contributed by atoms with van der Waals surface area (Å²) in [5.41, 5.74) is 1.21. The predicted octanol–water partition coefficient (Wildman–Crippen LogP) is 3.50. The molecule has 1 aromatic rings. The van der Waals surface area contributed by atoms with Crippen LogP contribution >= 0.6 is 0 Å². The SMILES string of the molecule is CCCCc1cc(CC2CC(NC(=O)C3CC3)C2(C)C)no1. The van der Waals surface area contributed by atoms with Gasteiger partial charge in [-0.3, -0.25) is 4.79 Å². The molecule has 0 bridgehead atoms. The van der Waals surface area contributed by atoms with Gasteiger partial charge in [0.1, 0.15) is 5.76 Å². The molecule has 0 aromatic carbocycles. The Kier molecular flexibility index (Phi) is 4.28. The van der Waals surface area contributed by atoms with Crippen molar-refractivity contribution in [2.24, 2.45) is 17.3 Å². The lowest BCUT2D eigenvalue weighted by Gasteiger charge is -2.52. The van der Waals surface area contributed by atoms with Gasteiger partial charge >= 0.3 is 0 Å². The molecular formula is C18H28N2O2. The van der Waals surface area contributed by atoms with Crippen molar-refractivity contribution in [2.75, 3.05) is 0 Å². The van der Waals surface area contributed by atoms with E-state index in [2.05, 4.69) is 37.3 Å². The molecule has 4 heteroatoms. The van der Waals surface area contributed by atoms with Crippen LogP contribution < -0.4 is 5.32 Å². The summed E-state index contributed by atoms with van der Waals surface area (Å²) in [7, 11) is 0. The average molecular weight is 304 g/mol. The molecule has 2 atom stereocenters. The summed E-state index contributed by atoms with van der Waals surface area (Å²) < 4.78 is 5.42. The van der Waals surface area contributed by atoms with E-state index in [1.165, 1.54) is 6.42 Å². The molecule has 0 spiro atoms. The minimum Gasteiger partial charge on any atom is -0.361 e. The molecule has 2 unspecified atom stereocenters. The van der Waals surface area contributed by atoms with Gasteiger partial charge in [0.05, 0.1) is 5.69 Å². The van der Waals surface area contributed by atoms with Crippen LogP contribution in [0.5, 0.6) is 0 Å². The first-order valence-corrected chi connectivity index (χ1v) is 8.75. The van der Waals surface area contributed by atoms with Crippen LogP contribution in [0.2, 0.25) is 0 Å². The third kappa shape index (κ3) is 3.21. The van der Waals surface area contributed by atoms with Gasteiger partial charge in [-0.1, -0.05) is 32.3 Å². The molecule has 22 heavy (non-hydrogen) atoms. The fraction of sp³-hybridized carbons (Fsp3) is 0.778. The number of nitrogens with zero attached hydrogens (tertiary/aromatic N) is 1. The maximum atomic E-state index is 11.9. The monoisotopic (exact) mass is 304 g/mol. The molecule has 0 radical (unpaired) electrons. The Morgan fingerprint density at radius 1 is 1.45 bits per heavy atom. The van der Waals surface area contributed by atoms with E-state index in [1.807, 2.05) is 0 Å². The molecule has 2 aliphatic carbocycles. The van der Waals surface area contributed by atoms with Crippen molar-refractivity contribution in [3.05, 3.63) is 17.5 Å². The smallest absolute Gasteiger partial charge is 0.223 e. The topological polar surface area (TPSA) is 55.1 Å². The minimum atomic E-state index is 0.146. The van der Waals surface area contributed by atoms with Crippen molar-refractivity contribution in [2.45, 2.75) is 71.8 Å². The van der Waals surface area contributed by atoms with Crippen LogP contribution in [0, 0.1) is 17.3 Å². The molecule has 122 valence electrons. The van der Waals surface area contributed by atoms with Gasteiger partial charge in [-0.05, 0) is 43.4 Å². The van der Waals surface area contributed by atoms with E-state index in [0.29, 0.717) is 17.9 Å². The van der Waals surface area contributed by atoms with E-state index in [1.54, 1.807) is 0 Å². The Hall–Kier alpha value is -1.32. The van der Waals surface area contributed by atoms with Crippen molar-refractivity contribution in [3.8, 4) is 0 Å². The highest BCUT2D eigenvalue weighted by molar-refractivity contribution is 5.81. The molecule has 1 aromatic heterocycles. The molecule has 1 heterocycles. The number of carbonyl (C=O) groups excluding carboxylic acids is 1. The highest BCUT2D eigenvalue weighted by Gasteiger charge is 2.49. The van der Waals surface area contributed by atoms with E-state index >= 15 is 0 Å². The third-order valence-corrected chi connectivity index (χ3v) is 5.58. The van der Waals surface area contributed by atoms with Crippen LogP contribution in [0.1, 0.15) is 64.3 Å². The van der Waals surface area contributed by atoms with Gasteiger partial charge in [-0.15, -0.1) is 0 Å². The van der Waals surface area contributed by atoms with Crippen LogP contribution in [0.25, 0.3) is 0 Å². The zero-order chi connectivity index (χ0) is 15.7. The summed E-state index contributed by atoms with van der Waals surface area (Å²) in [6, 6.07) is 2.43. The van der Waals surface area contributed by atoms with Crippen molar-refractivity contribution >= 4 is 5.91 Å². The largest absolute Gasteiger partial charge is 0.361 e. The lowest BCUT2D eigenvalue weighted by Crippen LogP contribution is -2.59. The van der Waals surface area contributed by atoms with Crippen LogP contribution in [0.3, 0.4) is 0 Å². The summed E-state index contributed by atoms with van der Waals surface area (Å²) in [4.78, 5) is 11.9. The van der Waals surface area contributed by atoms with Gasteiger partial charge in [0, 0.05) is 24.4 Å². The molecule has 2 aliphatic rings. The maximum Gasteiger partial charge on any atom is 0.223 e. The normalized spacial score (nSPS) is 26.5. The lowest BCUT2D eigenvalue weighted by molar-refractivity contribution is -0.126. The zero-order valence-electron chi connectivity index (χ0n) is 14.0. The Morgan fingerprint density at radius 3 is 2.86 bits per heavy atom. The first-order valence-electron chi connectivity index (χ1n) is 8.75. The number of hydrogen-bond donors (Lipinski definition) is 1. The van der Waals surface area contributed by atoms with Gasteiger partial charge < -0.3 is 9.84 Å². The Morgan fingerprint density at radius 2 is 2.23 bits per heavy atom. The van der Waals surface area contributed by atoms with E-state index in [9.17, 15) is 4.79 Å². The summed E-state index contributed by atoms with van der Waals surface area (Å²) in [5, 5.41) is 7.45. The quantitative estimate of drug-likeness (QED) is 0.839. The molecule has 4 nitrogen and oxygen atoms in total. The molecule has 0 aliphatic heterocycles. The summed E-state index contributed by atoms with van der Waals surface area (Å²) in [5.74, 6) is 2.14. The molecule has 1 N–H and O–H groups in total. The fourth-order valence-electron chi connectivity index (χ4n) is 3.42. The van der Waals surface area contributed by atoms with Crippen LogP contribution in [-0.2, 0) is 17.6 Å². The Labute approximate surface area is 133 Å². The lowest BCUT2D eigenvalue weighted by atomic mass is 9.57. The number of amides is 1. The maximum absolute atomic E-state index is 11.9. The number of hydrogen-bond acceptors (Lipinski definition) is 3. The van der Waals surface area contributed by atoms with Crippen molar-refractivity contribution < 1.29 is 9.32 Å². The van der Waals surface area contributed by atoms with Crippen molar-refractivity contribution in [1.29, 1.82) is 0 Å². The predicted molar refractivity (Wildman–Crippen MR) is 85.4 cm³/mol. The number of aromatic nitrogens is 1. The standard InChI is InChI=1S/C18H28N2O2/c1-4-5-6-15-11-14(20-22-15)9-13-10-16(18(13,2)3)19-17(21)12-7-8-12/h11-13,16H,4-10H2,1-3H3,(H,19,21). The van der Waals surface area contributed by atoms with E-state index in [-0.39, 0.29) is 11.3 Å². The van der Waals surface area contributed by atoms with E-state index < -0.39 is 0 Å². The van der Waals surface area contributed by atoms with Gasteiger partial charge in [-0.25, -0.2) is 0 Å². The van der Waals surface area contributed by atoms with Gasteiger partial charge in [0.2, 0.25) is 5.91 Å². The molecule has 2 saturated carbocycles. The third-order valence-electron chi connectivity index (χ3n) is 5.58. The van der Waals surface area contributed by atoms with Crippen LogP contribution in [0.4, 0.5) is 0 Å². The van der Waals surface area contributed by atoms with Crippen molar-refractivity contribution in [3.63, 3.8) is 0 Å². The van der Waals surface area contributed by atoms with E-state index in [0.717, 1.165) is 50.0 Å². The van der Waals surface area contributed by atoms with Gasteiger partial charge in [0.25, 0.3) is 0 Å². The number of nitrogens with one attached hydrogen (secondary N) is 1. The molecule has 3 rings (SSSR count). The Bertz CT molecular complexity index is 531. The Balaban J connectivity index is 1.51. The minimum absolute atomic E-state index is 0.146. The first kappa shape index (κ1) is 15.6. The van der Waals surface area contributed by atoms with Gasteiger partial charge in [-0.2, -0.15) is 0 Å². The highest BCUT2D eigenvalue weighted by Crippen LogP contribution is 2.48. The highest BCUT2D eigenvalue weighted by atomic mass is 16.5. The summed E-state index contributed by atoms with van der Waals surface area (Å²) in [6.45, 7) is 6.71. The fourth-order valence-corrected chi connectivity index (χ4v) is 3.42. The van der Waals surface area contributed by atoms with E-state index in [4.69, 9.17) is 4.52 Å². The van der Waals surface area contributed by atoms with Crippen molar-refractivity contribution in [1.82, 2.24) is 10.5 Å². The summed E-state index contributed by atoms with van der Waals surface area (Å²) in [6.07, 6.45) is 7.47. The number of aryl methyl sites for hydroxylation is 1. The second kappa shape index (κ2) is 6.05. The second-order valence-electron chi connectivity index (χ2n) is 7.68. The summed E-state index contributed by atoms with van der Waals surface area (Å²) >= 11 is 0. The number of unbranched alkanes of at least 4 members (excludes halogenated alkanes) is 1.